The number of aryl methyl sites for hydroxylation is 1. The third kappa shape index (κ3) is 5.59. The van der Waals surface area contributed by atoms with Crippen molar-refractivity contribution in [2.24, 2.45) is 0 Å². The van der Waals surface area contributed by atoms with Crippen LogP contribution in [0.15, 0.2) is 65.1 Å². The number of nitrogens with one attached hydrogen (secondary N) is 1. The second kappa shape index (κ2) is 9.41. The molecule has 0 fully saturated rings. The van der Waals surface area contributed by atoms with Gasteiger partial charge < -0.3 is 19.2 Å². The van der Waals surface area contributed by atoms with Crippen molar-refractivity contribution in [1.29, 1.82) is 0 Å². The molecule has 1 heterocycles. The van der Waals surface area contributed by atoms with E-state index in [4.69, 9.17) is 13.9 Å². The number of hydrogen-bond acceptors (Lipinski definition) is 5. The van der Waals surface area contributed by atoms with E-state index >= 15 is 0 Å². The molecule has 0 atom stereocenters. The van der Waals surface area contributed by atoms with Crippen molar-refractivity contribution in [2.45, 2.75) is 13.5 Å². The van der Waals surface area contributed by atoms with Gasteiger partial charge in [-0.3, -0.25) is 4.79 Å². The Morgan fingerprint density at radius 3 is 2.61 bits per heavy atom. The summed E-state index contributed by atoms with van der Waals surface area (Å²) in [4.78, 5) is 24.1. The average molecular weight is 491 g/mol. The van der Waals surface area contributed by atoms with Gasteiger partial charge in [-0.05, 0) is 77.5 Å². The molecule has 7 heteroatoms. The quantitative estimate of drug-likeness (QED) is 0.387. The number of amides is 1. The standard InChI is InChI=1S/C21H18INO5/c1-14-11-15(22)7-9-18(14)23-20(24)13-27-21(25)19-10-8-17(28-19)12-26-16-5-3-2-4-6-16/h2-11H,12-13H2,1H3,(H,23,24). The Morgan fingerprint density at radius 1 is 1.07 bits per heavy atom. The van der Waals surface area contributed by atoms with Crippen molar-refractivity contribution in [3.05, 3.63) is 81.3 Å². The van der Waals surface area contributed by atoms with Gasteiger partial charge in [0, 0.05) is 9.26 Å². The topological polar surface area (TPSA) is 77.8 Å². The molecule has 3 rings (SSSR count). The second-order valence-electron chi connectivity index (χ2n) is 5.95. The molecule has 0 unspecified atom stereocenters. The van der Waals surface area contributed by atoms with Crippen molar-refractivity contribution in [2.75, 3.05) is 11.9 Å². The zero-order chi connectivity index (χ0) is 19.9. The van der Waals surface area contributed by atoms with Gasteiger partial charge in [0.25, 0.3) is 5.91 Å². The van der Waals surface area contributed by atoms with Crippen LogP contribution >= 0.6 is 22.6 Å². The van der Waals surface area contributed by atoms with Crippen molar-refractivity contribution in [3.63, 3.8) is 0 Å². The second-order valence-corrected chi connectivity index (χ2v) is 7.20. The van der Waals surface area contributed by atoms with E-state index in [0.717, 1.165) is 9.13 Å². The lowest BCUT2D eigenvalue weighted by Crippen LogP contribution is -2.21. The van der Waals surface area contributed by atoms with Crippen LogP contribution in [0.5, 0.6) is 5.75 Å². The van der Waals surface area contributed by atoms with Crippen molar-refractivity contribution in [1.82, 2.24) is 0 Å². The van der Waals surface area contributed by atoms with Crippen LogP contribution < -0.4 is 10.1 Å². The maximum absolute atomic E-state index is 12.1. The van der Waals surface area contributed by atoms with Gasteiger partial charge in [0.05, 0.1) is 0 Å². The number of carbonyl (C=O) groups excluding carboxylic acids is 2. The molecule has 0 spiro atoms. The third-order valence-electron chi connectivity index (χ3n) is 3.78. The summed E-state index contributed by atoms with van der Waals surface area (Å²) in [5, 5.41) is 2.72. The van der Waals surface area contributed by atoms with E-state index in [2.05, 4.69) is 27.9 Å². The predicted octanol–water partition coefficient (Wildman–Crippen LogP) is 4.57. The van der Waals surface area contributed by atoms with E-state index in [9.17, 15) is 9.59 Å². The summed E-state index contributed by atoms with van der Waals surface area (Å²) in [6, 6.07) is 18.0. The summed E-state index contributed by atoms with van der Waals surface area (Å²) in [5.41, 5.74) is 1.61. The number of furan rings is 1. The largest absolute Gasteiger partial charge is 0.486 e. The van der Waals surface area contributed by atoms with Crippen LogP contribution in [0.3, 0.4) is 0 Å². The Kier molecular flexibility index (Phi) is 6.70. The maximum atomic E-state index is 12.1. The Hall–Kier alpha value is -2.81. The highest BCUT2D eigenvalue weighted by atomic mass is 127. The number of ether oxygens (including phenoxy) is 2. The lowest BCUT2D eigenvalue weighted by Gasteiger charge is -2.09. The Balaban J connectivity index is 1.48. The summed E-state index contributed by atoms with van der Waals surface area (Å²) in [7, 11) is 0. The van der Waals surface area contributed by atoms with Gasteiger partial charge in [-0.25, -0.2) is 4.79 Å². The maximum Gasteiger partial charge on any atom is 0.374 e. The normalized spacial score (nSPS) is 10.4. The van der Waals surface area contributed by atoms with Gasteiger partial charge >= 0.3 is 5.97 Å². The summed E-state index contributed by atoms with van der Waals surface area (Å²) < 4.78 is 17.1. The molecule has 2 aromatic carbocycles. The smallest absolute Gasteiger partial charge is 0.374 e. The van der Waals surface area contributed by atoms with Gasteiger partial charge in [-0.1, -0.05) is 18.2 Å². The molecule has 1 aromatic heterocycles. The van der Waals surface area contributed by atoms with Gasteiger partial charge in [0.2, 0.25) is 5.76 Å². The molecule has 3 aromatic rings. The average Bonchev–Trinajstić information content (AvgIpc) is 3.17. The van der Waals surface area contributed by atoms with E-state index in [0.29, 0.717) is 17.2 Å². The SMILES string of the molecule is Cc1cc(I)ccc1NC(=O)COC(=O)c1ccc(COc2ccccc2)o1. The highest BCUT2D eigenvalue weighted by molar-refractivity contribution is 14.1. The Morgan fingerprint density at radius 2 is 1.86 bits per heavy atom. The fourth-order valence-electron chi connectivity index (χ4n) is 2.39. The molecule has 0 radical (unpaired) electrons. The first-order chi connectivity index (χ1) is 13.5. The van der Waals surface area contributed by atoms with E-state index in [1.54, 1.807) is 6.07 Å². The van der Waals surface area contributed by atoms with E-state index in [1.807, 2.05) is 55.5 Å². The van der Waals surface area contributed by atoms with E-state index < -0.39 is 18.5 Å². The summed E-state index contributed by atoms with van der Waals surface area (Å²) in [6.45, 7) is 1.68. The molecule has 0 saturated heterocycles. The number of hydrogen-bond donors (Lipinski definition) is 1. The Bertz CT molecular complexity index is 968. The van der Waals surface area contributed by atoms with Gasteiger partial charge in [-0.2, -0.15) is 0 Å². The molecule has 28 heavy (non-hydrogen) atoms. The molecular weight excluding hydrogens is 473 g/mol. The van der Waals surface area contributed by atoms with Crippen LogP contribution in [0, 0.1) is 10.5 Å². The third-order valence-corrected chi connectivity index (χ3v) is 4.46. The number of anilines is 1. The first kappa shape index (κ1) is 19.9. The first-order valence-electron chi connectivity index (χ1n) is 8.51. The first-order valence-corrected chi connectivity index (χ1v) is 9.59. The summed E-state index contributed by atoms with van der Waals surface area (Å²) in [5.74, 6) is 0.0718. The minimum atomic E-state index is -0.708. The van der Waals surface area contributed by atoms with Crippen LogP contribution in [-0.2, 0) is 16.1 Å². The van der Waals surface area contributed by atoms with Crippen molar-refractivity contribution in [3.8, 4) is 5.75 Å². The number of halogens is 1. The van der Waals surface area contributed by atoms with E-state index in [-0.39, 0.29) is 12.4 Å². The molecule has 1 N–H and O–H groups in total. The number of rotatable bonds is 7. The minimum absolute atomic E-state index is 0.0184. The summed E-state index contributed by atoms with van der Waals surface area (Å²) in [6.07, 6.45) is 0. The predicted molar refractivity (Wildman–Crippen MR) is 112 cm³/mol. The van der Waals surface area contributed by atoms with Gasteiger partial charge in [0.15, 0.2) is 6.61 Å². The van der Waals surface area contributed by atoms with Crippen LogP contribution in [0.1, 0.15) is 21.9 Å². The highest BCUT2D eigenvalue weighted by Gasteiger charge is 2.15. The zero-order valence-electron chi connectivity index (χ0n) is 15.1. The molecule has 144 valence electrons. The van der Waals surface area contributed by atoms with Crippen molar-refractivity contribution >= 4 is 40.2 Å². The number of benzene rings is 2. The molecule has 0 saturated carbocycles. The lowest BCUT2D eigenvalue weighted by atomic mass is 10.2. The van der Waals surface area contributed by atoms with Crippen LogP contribution in [0.2, 0.25) is 0 Å². The molecule has 0 aliphatic heterocycles. The summed E-state index contributed by atoms with van der Waals surface area (Å²) >= 11 is 2.20. The number of esters is 1. The van der Waals surface area contributed by atoms with Crippen LogP contribution in [-0.4, -0.2) is 18.5 Å². The van der Waals surface area contributed by atoms with Crippen LogP contribution in [0.4, 0.5) is 5.69 Å². The molecule has 6 nitrogen and oxygen atoms in total. The van der Waals surface area contributed by atoms with Crippen LogP contribution in [0.25, 0.3) is 0 Å². The number of para-hydroxylation sites is 1. The molecule has 1 amide bonds. The molecule has 0 aliphatic rings. The molecular formula is C21H18INO5. The molecule has 0 aliphatic carbocycles. The highest BCUT2D eigenvalue weighted by Crippen LogP contribution is 2.18. The van der Waals surface area contributed by atoms with Crippen molar-refractivity contribution < 1.29 is 23.5 Å². The van der Waals surface area contributed by atoms with Gasteiger partial charge in [0.1, 0.15) is 18.1 Å². The lowest BCUT2D eigenvalue weighted by molar-refractivity contribution is -0.119. The zero-order valence-corrected chi connectivity index (χ0v) is 17.3. The fourth-order valence-corrected chi connectivity index (χ4v) is 3.04. The van der Waals surface area contributed by atoms with Gasteiger partial charge in [-0.15, -0.1) is 0 Å². The van der Waals surface area contributed by atoms with E-state index in [1.165, 1.54) is 6.07 Å². The Labute approximate surface area is 176 Å². The monoisotopic (exact) mass is 491 g/mol. The molecule has 0 bridgehead atoms. The number of carbonyl (C=O) groups is 2. The fraction of sp³-hybridized carbons (Fsp3) is 0.143. The minimum Gasteiger partial charge on any atom is -0.486 e.